The summed E-state index contributed by atoms with van der Waals surface area (Å²) in [4.78, 5) is 17.5. The summed E-state index contributed by atoms with van der Waals surface area (Å²) in [6.07, 6.45) is 3.47. The maximum atomic E-state index is 11.6. The third kappa shape index (κ3) is 1.90. The molecule has 5 nitrogen and oxygen atoms in total. The van der Waals surface area contributed by atoms with E-state index >= 15 is 0 Å². The van der Waals surface area contributed by atoms with E-state index in [0.717, 1.165) is 21.8 Å². The van der Waals surface area contributed by atoms with Gasteiger partial charge in [-0.1, -0.05) is 0 Å². The van der Waals surface area contributed by atoms with Gasteiger partial charge in [-0.05, 0) is 25.1 Å². The first-order chi connectivity index (χ1) is 9.20. The second kappa shape index (κ2) is 4.47. The van der Waals surface area contributed by atoms with Crippen molar-refractivity contribution in [2.24, 2.45) is 0 Å². The van der Waals surface area contributed by atoms with Crippen LogP contribution in [-0.4, -0.2) is 27.7 Å². The highest BCUT2D eigenvalue weighted by Gasteiger charge is 2.16. The fraction of sp³-hybridized carbons (Fsp3) is 0.154. The summed E-state index contributed by atoms with van der Waals surface area (Å²) in [7, 11) is 1.38. The van der Waals surface area contributed by atoms with Gasteiger partial charge in [0.25, 0.3) is 0 Å². The van der Waals surface area contributed by atoms with E-state index in [0.29, 0.717) is 4.88 Å². The molecule has 0 aliphatic heterocycles. The van der Waals surface area contributed by atoms with Gasteiger partial charge in [0.2, 0.25) is 0 Å². The van der Waals surface area contributed by atoms with Crippen molar-refractivity contribution in [3.63, 3.8) is 0 Å². The van der Waals surface area contributed by atoms with E-state index in [1.165, 1.54) is 18.4 Å². The molecule has 0 bridgehead atoms. The molecule has 3 aromatic rings. The molecule has 0 N–H and O–H groups in total. The Hall–Kier alpha value is -2.21. The lowest BCUT2D eigenvalue weighted by atomic mass is 10.2. The van der Waals surface area contributed by atoms with Crippen molar-refractivity contribution in [1.29, 1.82) is 0 Å². The van der Waals surface area contributed by atoms with Crippen molar-refractivity contribution in [2.45, 2.75) is 6.92 Å². The number of aryl methyl sites for hydroxylation is 1. The van der Waals surface area contributed by atoms with Gasteiger partial charge in [-0.3, -0.25) is 0 Å². The second-order valence-corrected chi connectivity index (χ2v) is 5.27. The van der Waals surface area contributed by atoms with E-state index < -0.39 is 0 Å². The molecule has 6 heteroatoms. The number of carbonyl (C=O) groups is 1. The Morgan fingerprint density at radius 2 is 2.32 bits per heavy atom. The topological polar surface area (TPSA) is 56.5 Å². The van der Waals surface area contributed by atoms with Crippen LogP contribution in [0.3, 0.4) is 0 Å². The number of aromatic nitrogens is 3. The van der Waals surface area contributed by atoms with Gasteiger partial charge in [0.1, 0.15) is 4.88 Å². The van der Waals surface area contributed by atoms with Crippen LogP contribution in [0, 0.1) is 6.92 Å². The molecule has 0 spiro atoms. The van der Waals surface area contributed by atoms with Gasteiger partial charge in [0.15, 0.2) is 5.65 Å². The van der Waals surface area contributed by atoms with Crippen LogP contribution in [0.1, 0.15) is 14.5 Å². The zero-order chi connectivity index (χ0) is 13.4. The standard InChI is InChI=1S/C13H11N3O2S/c1-8-9(6-11(19-8)13(17)18-2)10-7-14-12-4-3-5-15-16(10)12/h3-7H,1-2H3. The van der Waals surface area contributed by atoms with Gasteiger partial charge in [-0.15, -0.1) is 11.3 Å². The van der Waals surface area contributed by atoms with Crippen LogP contribution in [-0.2, 0) is 4.74 Å². The van der Waals surface area contributed by atoms with Gasteiger partial charge < -0.3 is 4.74 Å². The molecule has 0 atom stereocenters. The Kier molecular flexibility index (Phi) is 2.79. The van der Waals surface area contributed by atoms with Crippen molar-refractivity contribution < 1.29 is 9.53 Å². The van der Waals surface area contributed by atoms with Crippen LogP contribution in [0.5, 0.6) is 0 Å². The predicted octanol–water partition coefficient (Wildman–Crippen LogP) is 2.55. The summed E-state index contributed by atoms with van der Waals surface area (Å²) < 4.78 is 6.50. The molecule has 0 aliphatic carbocycles. The molecule has 0 unspecified atom stereocenters. The Bertz CT molecular complexity index is 760. The van der Waals surface area contributed by atoms with Crippen molar-refractivity contribution in [1.82, 2.24) is 14.6 Å². The number of esters is 1. The molecule has 3 rings (SSSR count). The van der Waals surface area contributed by atoms with E-state index in [2.05, 4.69) is 10.1 Å². The highest BCUT2D eigenvalue weighted by molar-refractivity contribution is 7.14. The van der Waals surface area contributed by atoms with Crippen molar-refractivity contribution >= 4 is 23.0 Å². The quantitative estimate of drug-likeness (QED) is 0.673. The van der Waals surface area contributed by atoms with Crippen LogP contribution in [0.25, 0.3) is 16.9 Å². The van der Waals surface area contributed by atoms with E-state index in [1.54, 1.807) is 16.9 Å². The number of carbonyl (C=O) groups excluding carboxylic acids is 1. The fourth-order valence-corrected chi connectivity index (χ4v) is 2.90. The lowest BCUT2D eigenvalue weighted by Crippen LogP contribution is -1.97. The summed E-state index contributed by atoms with van der Waals surface area (Å²) in [5.41, 5.74) is 2.61. The maximum Gasteiger partial charge on any atom is 0.348 e. The minimum atomic E-state index is -0.318. The maximum absolute atomic E-state index is 11.6. The van der Waals surface area contributed by atoms with E-state index in [9.17, 15) is 4.79 Å². The molecule has 96 valence electrons. The number of rotatable bonds is 2. The molecule has 3 aromatic heterocycles. The first kappa shape index (κ1) is 11.9. The van der Waals surface area contributed by atoms with Crippen LogP contribution in [0.4, 0.5) is 0 Å². The number of ether oxygens (including phenoxy) is 1. The van der Waals surface area contributed by atoms with Crippen molar-refractivity contribution in [2.75, 3.05) is 7.11 Å². The highest BCUT2D eigenvalue weighted by atomic mass is 32.1. The molecular weight excluding hydrogens is 262 g/mol. The third-order valence-electron chi connectivity index (χ3n) is 2.86. The van der Waals surface area contributed by atoms with Crippen LogP contribution in [0.15, 0.2) is 30.6 Å². The zero-order valence-corrected chi connectivity index (χ0v) is 11.3. The van der Waals surface area contributed by atoms with Gasteiger partial charge in [0.05, 0.1) is 19.0 Å². The number of methoxy groups -OCH3 is 1. The highest BCUT2D eigenvalue weighted by Crippen LogP contribution is 2.31. The van der Waals surface area contributed by atoms with Gasteiger partial charge in [-0.25, -0.2) is 14.3 Å². The molecular formula is C13H11N3O2S. The number of thiophene rings is 1. The first-order valence-corrected chi connectivity index (χ1v) is 6.50. The smallest absolute Gasteiger partial charge is 0.348 e. The largest absolute Gasteiger partial charge is 0.465 e. The van der Waals surface area contributed by atoms with Crippen LogP contribution in [0.2, 0.25) is 0 Å². The van der Waals surface area contributed by atoms with Gasteiger partial charge in [0, 0.05) is 16.6 Å². The van der Waals surface area contributed by atoms with Crippen LogP contribution < -0.4 is 0 Å². The molecule has 0 fully saturated rings. The lowest BCUT2D eigenvalue weighted by Gasteiger charge is -1.98. The van der Waals surface area contributed by atoms with Crippen molar-refractivity contribution in [3.05, 3.63) is 40.3 Å². The fourth-order valence-electron chi connectivity index (χ4n) is 1.95. The zero-order valence-electron chi connectivity index (χ0n) is 10.5. The molecule has 0 radical (unpaired) electrons. The Labute approximate surface area is 113 Å². The molecule has 3 heterocycles. The molecule has 0 amide bonds. The third-order valence-corrected chi connectivity index (χ3v) is 3.89. The number of imidazole rings is 1. The molecule has 0 saturated carbocycles. The Morgan fingerprint density at radius 1 is 1.47 bits per heavy atom. The van der Waals surface area contributed by atoms with E-state index in [4.69, 9.17) is 4.74 Å². The average molecular weight is 273 g/mol. The number of hydrogen-bond acceptors (Lipinski definition) is 5. The minimum Gasteiger partial charge on any atom is -0.465 e. The van der Waals surface area contributed by atoms with E-state index in [1.807, 2.05) is 25.1 Å². The predicted molar refractivity (Wildman–Crippen MR) is 72.4 cm³/mol. The summed E-state index contributed by atoms with van der Waals surface area (Å²) in [5, 5.41) is 4.28. The van der Waals surface area contributed by atoms with Crippen molar-refractivity contribution in [3.8, 4) is 11.3 Å². The van der Waals surface area contributed by atoms with Gasteiger partial charge in [-0.2, -0.15) is 5.10 Å². The molecule has 0 aromatic carbocycles. The summed E-state index contributed by atoms with van der Waals surface area (Å²) in [6, 6.07) is 5.55. The van der Waals surface area contributed by atoms with E-state index in [-0.39, 0.29) is 5.97 Å². The minimum absolute atomic E-state index is 0.318. The summed E-state index contributed by atoms with van der Waals surface area (Å²) in [6.45, 7) is 1.97. The molecule has 19 heavy (non-hydrogen) atoms. The van der Waals surface area contributed by atoms with Gasteiger partial charge >= 0.3 is 5.97 Å². The Balaban J connectivity index is 2.16. The second-order valence-electron chi connectivity index (χ2n) is 4.01. The normalized spacial score (nSPS) is 10.8. The molecule has 0 aliphatic rings. The summed E-state index contributed by atoms with van der Waals surface area (Å²) >= 11 is 1.41. The SMILES string of the molecule is COC(=O)c1cc(-c2cnc3cccnn23)c(C)s1. The monoisotopic (exact) mass is 273 g/mol. The first-order valence-electron chi connectivity index (χ1n) is 5.68. The lowest BCUT2D eigenvalue weighted by molar-refractivity contribution is 0.0606. The number of nitrogens with zero attached hydrogens (tertiary/aromatic N) is 3. The number of fused-ring (bicyclic) bond motifs is 1. The summed E-state index contributed by atoms with van der Waals surface area (Å²) in [5.74, 6) is -0.318. The molecule has 0 saturated heterocycles. The Morgan fingerprint density at radius 3 is 3.11 bits per heavy atom. The average Bonchev–Trinajstić information content (AvgIpc) is 3.01. The number of hydrogen-bond donors (Lipinski definition) is 0. The van der Waals surface area contributed by atoms with Crippen LogP contribution >= 0.6 is 11.3 Å².